The largest absolute Gasteiger partial charge is 0.355 e. The molecule has 0 saturated carbocycles. The van der Waals surface area contributed by atoms with Crippen LogP contribution in [0.1, 0.15) is 57.4 Å². The fourth-order valence-electron chi connectivity index (χ4n) is 2.35. The zero-order chi connectivity index (χ0) is 15.3. The Hall–Kier alpha value is -1.35. The van der Waals surface area contributed by atoms with Crippen LogP contribution in [0.25, 0.3) is 0 Å². The Balaban J connectivity index is 2.06. The maximum absolute atomic E-state index is 11.9. The molecule has 3 heteroatoms. The average Bonchev–Trinajstić information content (AvgIpc) is 2.52. The number of amides is 1. The first-order valence-corrected chi connectivity index (χ1v) is 8.31. The van der Waals surface area contributed by atoms with E-state index in [1.54, 1.807) is 0 Å². The predicted molar refractivity (Wildman–Crippen MR) is 89.1 cm³/mol. The molecule has 1 rings (SSSR count). The van der Waals surface area contributed by atoms with Crippen LogP contribution in [0.4, 0.5) is 0 Å². The maximum Gasteiger partial charge on any atom is 0.236 e. The highest BCUT2D eigenvalue weighted by molar-refractivity contribution is 5.81. The van der Waals surface area contributed by atoms with Gasteiger partial charge in [-0.3, -0.25) is 4.79 Å². The summed E-state index contributed by atoms with van der Waals surface area (Å²) in [6.45, 7) is 2.97. The summed E-state index contributed by atoms with van der Waals surface area (Å²) in [7, 11) is 0. The molecule has 0 bridgehead atoms. The van der Waals surface area contributed by atoms with Crippen LogP contribution in [-0.2, 0) is 11.2 Å². The lowest BCUT2D eigenvalue weighted by Crippen LogP contribution is -2.41. The molecule has 1 aromatic carbocycles. The molecule has 3 nitrogen and oxygen atoms in total. The van der Waals surface area contributed by atoms with Crippen molar-refractivity contribution in [1.29, 1.82) is 0 Å². The van der Waals surface area contributed by atoms with Crippen LogP contribution in [0.5, 0.6) is 0 Å². The summed E-state index contributed by atoms with van der Waals surface area (Å²) in [5, 5.41) is 2.95. The fourth-order valence-corrected chi connectivity index (χ4v) is 2.35. The van der Waals surface area contributed by atoms with E-state index >= 15 is 0 Å². The minimum atomic E-state index is -0.398. The highest BCUT2D eigenvalue weighted by Gasteiger charge is 2.12. The molecule has 0 aromatic heterocycles. The standard InChI is InChI=1S/C18H30N2O/c1-2-3-4-5-6-10-15-20-18(21)17(19)14-13-16-11-8-7-9-12-16/h7-9,11-12,17H,2-6,10,13-15,19H2,1H3,(H,20,21). The third kappa shape index (κ3) is 8.51. The van der Waals surface area contributed by atoms with Crippen molar-refractivity contribution in [2.75, 3.05) is 6.54 Å². The molecule has 0 heterocycles. The first-order valence-electron chi connectivity index (χ1n) is 8.31. The summed E-state index contributed by atoms with van der Waals surface area (Å²) in [5.41, 5.74) is 7.17. The van der Waals surface area contributed by atoms with Crippen molar-refractivity contribution < 1.29 is 4.79 Å². The Kier molecular flexibility index (Phi) is 9.55. The summed E-state index contributed by atoms with van der Waals surface area (Å²) in [6.07, 6.45) is 8.97. The Morgan fingerprint density at radius 2 is 1.76 bits per heavy atom. The second kappa shape index (κ2) is 11.3. The van der Waals surface area contributed by atoms with E-state index in [0.717, 1.165) is 19.4 Å². The molecule has 1 aromatic rings. The molecule has 0 aliphatic heterocycles. The van der Waals surface area contributed by atoms with Gasteiger partial charge in [-0.05, 0) is 24.8 Å². The molecule has 1 amide bonds. The van der Waals surface area contributed by atoms with E-state index in [1.165, 1.54) is 37.7 Å². The van der Waals surface area contributed by atoms with Crippen molar-refractivity contribution in [3.05, 3.63) is 35.9 Å². The van der Waals surface area contributed by atoms with Gasteiger partial charge in [0.05, 0.1) is 6.04 Å². The minimum absolute atomic E-state index is 0.0144. The molecular weight excluding hydrogens is 260 g/mol. The Morgan fingerprint density at radius 1 is 1.10 bits per heavy atom. The van der Waals surface area contributed by atoms with E-state index in [9.17, 15) is 4.79 Å². The van der Waals surface area contributed by atoms with Crippen LogP contribution >= 0.6 is 0 Å². The monoisotopic (exact) mass is 290 g/mol. The van der Waals surface area contributed by atoms with Gasteiger partial charge in [0.25, 0.3) is 0 Å². The quantitative estimate of drug-likeness (QED) is 0.614. The summed E-state index contributed by atoms with van der Waals surface area (Å²) >= 11 is 0. The summed E-state index contributed by atoms with van der Waals surface area (Å²) in [5.74, 6) is -0.0144. The molecule has 0 aliphatic rings. The average molecular weight is 290 g/mol. The summed E-state index contributed by atoms with van der Waals surface area (Å²) < 4.78 is 0. The molecular formula is C18H30N2O. The first-order chi connectivity index (χ1) is 10.2. The van der Waals surface area contributed by atoms with E-state index < -0.39 is 6.04 Å². The minimum Gasteiger partial charge on any atom is -0.355 e. The van der Waals surface area contributed by atoms with Crippen LogP contribution in [0.15, 0.2) is 30.3 Å². The van der Waals surface area contributed by atoms with E-state index in [4.69, 9.17) is 5.73 Å². The van der Waals surface area contributed by atoms with Crippen molar-refractivity contribution in [2.45, 2.75) is 64.3 Å². The van der Waals surface area contributed by atoms with Gasteiger partial charge in [-0.2, -0.15) is 0 Å². The molecule has 0 saturated heterocycles. The third-order valence-electron chi connectivity index (χ3n) is 3.75. The Labute approximate surface area is 129 Å². The molecule has 0 fully saturated rings. The highest BCUT2D eigenvalue weighted by Crippen LogP contribution is 2.05. The number of unbranched alkanes of at least 4 members (excludes halogenated alkanes) is 5. The Morgan fingerprint density at radius 3 is 2.48 bits per heavy atom. The van der Waals surface area contributed by atoms with Crippen LogP contribution < -0.4 is 11.1 Å². The number of hydrogen-bond acceptors (Lipinski definition) is 2. The fraction of sp³-hybridized carbons (Fsp3) is 0.611. The molecule has 21 heavy (non-hydrogen) atoms. The van der Waals surface area contributed by atoms with E-state index in [0.29, 0.717) is 6.42 Å². The number of nitrogens with one attached hydrogen (secondary N) is 1. The lowest BCUT2D eigenvalue weighted by molar-refractivity contribution is -0.122. The van der Waals surface area contributed by atoms with Crippen molar-refractivity contribution in [2.24, 2.45) is 5.73 Å². The number of rotatable bonds is 11. The number of hydrogen-bond donors (Lipinski definition) is 2. The number of carbonyl (C=O) groups is 1. The van der Waals surface area contributed by atoms with E-state index in [2.05, 4.69) is 24.4 Å². The van der Waals surface area contributed by atoms with Crippen LogP contribution in [0, 0.1) is 0 Å². The molecule has 0 aliphatic carbocycles. The van der Waals surface area contributed by atoms with Crippen molar-refractivity contribution in [3.8, 4) is 0 Å². The van der Waals surface area contributed by atoms with Gasteiger partial charge in [-0.25, -0.2) is 0 Å². The topological polar surface area (TPSA) is 55.1 Å². The molecule has 3 N–H and O–H groups in total. The lowest BCUT2D eigenvalue weighted by Gasteiger charge is -2.12. The van der Waals surface area contributed by atoms with Crippen molar-refractivity contribution in [1.82, 2.24) is 5.32 Å². The zero-order valence-electron chi connectivity index (χ0n) is 13.3. The number of benzene rings is 1. The smallest absolute Gasteiger partial charge is 0.236 e. The van der Waals surface area contributed by atoms with Gasteiger partial charge in [0.15, 0.2) is 0 Å². The van der Waals surface area contributed by atoms with Crippen LogP contribution in [0.3, 0.4) is 0 Å². The van der Waals surface area contributed by atoms with Gasteiger partial charge in [0.1, 0.15) is 0 Å². The predicted octanol–water partition coefficient (Wildman–Crippen LogP) is 3.42. The van der Waals surface area contributed by atoms with Crippen LogP contribution in [0.2, 0.25) is 0 Å². The number of aryl methyl sites for hydroxylation is 1. The SMILES string of the molecule is CCCCCCCCNC(=O)C(N)CCc1ccccc1. The van der Waals surface area contributed by atoms with Crippen molar-refractivity contribution >= 4 is 5.91 Å². The molecule has 0 radical (unpaired) electrons. The van der Waals surface area contributed by atoms with Gasteiger partial charge in [0.2, 0.25) is 5.91 Å². The maximum atomic E-state index is 11.9. The van der Waals surface area contributed by atoms with Gasteiger partial charge >= 0.3 is 0 Å². The molecule has 0 spiro atoms. The van der Waals surface area contributed by atoms with Gasteiger partial charge < -0.3 is 11.1 Å². The normalized spacial score (nSPS) is 12.1. The zero-order valence-corrected chi connectivity index (χ0v) is 13.3. The second-order valence-electron chi connectivity index (χ2n) is 5.69. The molecule has 1 atom stereocenters. The first kappa shape index (κ1) is 17.7. The van der Waals surface area contributed by atoms with Gasteiger partial charge in [0, 0.05) is 6.54 Å². The number of nitrogens with two attached hydrogens (primary N) is 1. The van der Waals surface area contributed by atoms with Crippen molar-refractivity contribution in [3.63, 3.8) is 0 Å². The Bertz CT molecular complexity index is 378. The third-order valence-corrected chi connectivity index (χ3v) is 3.75. The summed E-state index contributed by atoms with van der Waals surface area (Å²) in [4.78, 5) is 11.9. The summed E-state index contributed by atoms with van der Waals surface area (Å²) in [6, 6.07) is 9.77. The van der Waals surface area contributed by atoms with E-state index in [-0.39, 0.29) is 5.91 Å². The molecule has 118 valence electrons. The van der Waals surface area contributed by atoms with Crippen LogP contribution in [-0.4, -0.2) is 18.5 Å². The molecule has 1 unspecified atom stereocenters. The van der Waals surface area contributed by atoms with E-state index in [1.807, 2.05) is 18.2 Å². The second-order valence-corrected chi connectivity index (χ2v) is 5.69. The highest BCUT2D eigenvalue weighted by atomic mass is 16.2. The lowest BCUT2D eigenvalue weighted by atomic mass is 10.1. The number of carbonyl (C=O) groups excluding carboxylic acids is 1. The van der Waals surface area contributed by atoms with Gasteiger partial charge in [-0.15, -0.1) is 0 Å². The van der Waals surface area contributed by atoms with Gasteiger partial charge in [-0.1, -0.05) is 69.4 Å².